The molecule has 2 aromatic rings. The van der Waals surface area contributed by atoms with E-state index in [0.29, 0.717) is 6.61 Å². The van der Waals surface area contributed by atoms with Crippen molar-refractivity contribution in [2.45, 2.75) is 59.2 Å². The second-order valence-electron chi connectivity index (χ2n) is 6.51. The van der Waals surface area contributed by atoms with Crippen molar-refractivity contribution in [2.75, 3.05) is 6.61 Å². The van der Waals surface area contributed by atoms with Gasteiger partial charge in [-0.3, -0.25) is 0 Å². The lowest BCUT2D eigenvalue weighted by Crippen LogP contribution is -2.35. The molecule has 3 nitrogen and oxygen atoms in total. The van der Waals surface area contributed by atoms with E-state index in [1.807, 2.05) is 12.1 Å². The number of hydrogen-bond acceptors (Lipinski definition) is 3. The summed E-state index contributed by atoms with van der Waals surface area (Å²) in [6, 6.07) is 8.20. The molecule has 0 radical (unpaired) electrons. The van der Waals surface area contributed by atoms with Gasteiger partial charge < -0.3 is 14.5 Å². The number of unbranched alkanes of at least 4 members (excludes halogenated alkanes) is 1. The molecule has 1 aromatic heterocycles. The SMILES string of the molecule is CCCCOCc1oc2ccccc2c1CNC(C)(C)C. The van der Waals surface area contributed by atoms with Crippen LogP contribution in [-0.4, -0.2) is 12.1 Å². The van der Waals surface area contributed by atoms with Crippen LogP contribution in [0.15, 0.2) is 28.7 Å². The number of ether oxygens (including phenoxy) is 1. The van der Waals surface area contributed by atoms with Gasteiger partial charge in [0.25, 0.3) is 0 Å². The van der Waals surface area contributed by atoms with Crippen LogP contribution in [0.25, 0.3) is 11.0 Å². The van der Waals surface area contributed by atoms with E-state index in [1.54, 1.807) is 0 Å². The fourth-order valence-corrected chi connectivity index (χ4v) is 2.22. The van der Waals surface area contributed by atoms with Crippen LogP contribution in [0.1, 0.15) is 51.9 Å². The molecule has 1 heterocycles. The average Bonchev–Trinajstić information content (AvgIpc) is 2.78. The number of fused-ring (bicyclic) bond motifs is 1. The molecule has 0 aliphatic heterocycles. The number of nitrogens with one attached hydrogen (secondary N) is 1. The molecule has 0 fully saturated rings. The van der Waals surface area contributed by atoms with E-state index in [2.05, 4.69) is 45.1 Å². The fraction of sp³-hybridized carbons (Fsp3) is 0.556. The van der Waals surface area contributed by atoms with Crippen molar-refractivity contribution in [3.63, 3.8) is 0 Å². The van der Waals surface area contributed by atoms with E-state index in [9.17, 15) is 0 Å². The van der Waals surface area contributed by atoms with Gasteiger partial charge in [-0.1, -0.05) is 31.5 Å². The first-order chi connectivity index (χ1) is 10.0. The Morgan fingerprint density at radius 3 is 2.67 bits per heavy atom. The molecule has 0 unspecified atom stereocenters. The summed E-state index contributed by atoms with van der Waals surface area (Å²) < 4.78 is 11.7. The minimum atomic E-state index is 0.0821. The van der Waals surface area contributed by atoms with Crippen LogP contribution in [0.3, 0.4) is 0 Å². The molecule has 3 heteroatoms. The van der Waals surface area contributed by atoms with Crippen LogP contribution in [-0.2, 0) is 17.9 Å². The fourth-order valence-electron chi connectivity index (χ4n) is 2.22. The van der Waals surface area contributed by atoms with E-state index < -0.39 is 0 Å². The number of furan rings is 1. The van der Waals surface area contributed by atoms with E-state index in [1.165, 1.54) is 10.9 Å². The molecular formula is C18H27NO2. The second kappa shape index (κ2) is 7.10. The Kier molecular flexibility index (Phi) is 5.43. The van der Waals surface area contributed by atoms with Gasteiger partial charge in [-0.15, -0.1) is 0 Å². The van der Waals surface area contributed by atoms with Crippen LogP contribution < -0.4 is 5.32 Å². The van der Waals surface area contributed by atoms with Crippen LogP contribution in [0.2, 0.25) is 0 Å². The number of rotatable bonds is 7. The molecule has 0 amide bonds. The lowest BCUT2D eigenvalue weighted by molar-refractivity contribution is 0.104. The third-order valence-corrected chi connectivity index (χ3v) is 3.45. The van der Waals surface area contributed by atoms with Gasteiger partial charge in [0.15, 0.2) is 0 Å². The van der Waals surface area contributed by atoms with Crippen molar-refractivity contribution >= 4 is 11.0 Å². The summed E-state index contributed by atoms with van der Waals surface area (Å²) in [6.45, 7) is 10.8. The Morgan fingerprint density at radius 1 is 1.19 bits per heavy atom. The van der Waals surface area contributed by atoms with Gasteiger partial charge in [-0.05, 0) is 33.3 Å². The largest absolute Gasteiger partial charge is 0.458 e. The Balaban J connectivity index is 2.17. The van der Waals surface area contributed by atoms with E-state index in [4.69, 9.17) is 9.15 Å². The second-order valence-corrected chi connectivity index (χ2v) is 6.51. The molecular weight excluding hydrogens is 262 g/mol. The molecule has 0 saturated heterocycles. The summed E-state index contributed by atoms with van der Waals surface area (Å²) in [6.07, 6.45) is 2.24. The first-order valence-corrected chi connectivity index (χ1v) is 7.83. The first kappa shape index (κ1) is 16.1. The maximum absolute atomic E-state index is 5.98. The summed E-state index contributed by atoms with van der Waals surface area (Å²) >= 11 is 0. The zero-order valence-corrected chi connectivity index (χ0v) is 13.7. The number of hydrogen-bond donors (Lipinski definition) is 1. The van der Waals surface area contributed by atoms with Crippen molar-refractivity contribution in [1.82, 2.24) is 5.32 Å². The highest BCUT2D eigenvalue weighted by Crippen LogP contribution is 2.27. The topological polar surface area (TPSA) is 34.4 Å². The average molecular weight is 289 g/mol. The van der Waals surface area contributed by atoms with Crippen molar-refractivity contribution in [1.29, 1.82) is 0 Å². The molecule has 2 rings (SSSR count). The molecule has 1 N–H and O–H groups in total. The maximum atomic E-state index is 5.98. The zero-order chi connectivity index (χ0) is 15.3. The van der Waals surface area contributed by atoms with Crippen LogP contribution >= 0.6 is 0 Å². The quantitative estimate of drug-likeness (QED) is 0.754. The monoisotopic (exact) mass is 289 g/mol. The molecule has 0 spiro atoms. The van der Waals surface area contributed by atoms with Crippen LogP contribution in [0, 0.1) is 0 Å². The molecule has 0 saturated carbocycles. The lowest BCUT2D eigenvalue weighted by Gasteiger charge is -2.20. The summed E-state index contributed by atoms with van der Waals surface area (Å²) in [5, 5.41) is 4.73. The molecule has 0 atom stereocenters. The minimum Gasteiger partial charge on any atom is -0.458 e. The number of para-hydroxylation sites is 1. The van der Waals surface area contributed by atoms with Crippen molar-refractivity contribution in [2.24, 2.45) is 0 Å². The Morgan fingerprint density at radius 2 is 1.95 bits per heavy atom. The third-order valence-electron chi connectivity index (χ3n) is 3.45. The molecule has 0 bridgehead atoms. The predicted molar refractivity (Wildman–Crippen MR) is 87.4 cm³/mol. The van der Waals surface area contributed by atoms with E-state index in [0.717, 1.165) is 37.3 Å². The van der Waals surface area contributed by atoms with Crippen molar-refractivity contribution in [3.05, 3.63) is 35.6 Å². The summed E-state index contributed by atoms with van der Waals surface area (Å²) in [5.74, 6) is 0.948. The summed E-state index contributed by atoms with van der Waals surface area (Å²) in [4.78, 5) is 0. The van der Waals surface area contributed by atoms with Gasteiger partial charge in [0.2, 0.25) is 0 Å². The van der Waals surface area contributed by atoms with Gasteiger partial charge in [-0.25, -0.2) is 0 Å². The summed E-state index contributed by atoms with van der Waals surface area (Å²) in [7, 11) is 0. The molecule has 116 valence electrons. The highest BCUT2D eigenvalue weighted by atomic mass is 16.5. The van der Waals surface area contributed by atoms with Gasteiger partial charge in [0.1, 0.15) is 18.0 Å². The molecule has 0 aliphatic carbocycles. The maximum Gasteiger partial charge on any atom is 0.135 e. The molecule has 21 heavy (non-hydrogen) atoms. The minimum absolute atomic E-state index is 0.0821. The standard InChI is InChI=1S/C18H27NO2/c1-5-6-11-20-13-17-15(12-19-18(2,3)4)14-9-7-8-10-16(14)21-17/h7-10,19H,5-6,11-13H2,1-4H3. The van der Waals surface area contributed by atoms with Crippen molar-refractivity contribution in [3.8, 4) is 0 Å². The van der Waals surface area contributed by atoms with Gasteiger partial charge in [0.05, 0.1) is 0 Å². The molecule has 0 aliphatic rings. The van der Waals surface area contributed by atoms with Gasteiger partial charge in [0, 0.05) is 29.6 Å². The Hall–Kier alpha value is -1.32. The predicted octanol–water partition coefficient (Wildman–Crippen LogP) is 4.64. The van der Waals surface area contributed by atoms with Crippen molar-refractivity contribution < 1.29 is 9.15 Å². The van der Waals surface area contributed by atoms with Crippen LogP contribution in [0.4, 0.5) is 0 Å². The smallest absolute Gasteiger partial charge is 0.135 e. The normalized spacial score (nSPS) is 12.2. The molecule has 1 aromatic carbocycles. The highest BCUT2D eigenvalue weighted by molar-refractivity contribution is 5.82. The van der Waals surface area contributed by atoms with Gasteiger partial charge in [-0.2, -0.15) is 0 Å². The van der Waals surface area contributed by atoms with E-state index in [-0.39, 0.29) is 5.54 Å². The third kappa shape index (κ3) is 4.58. The Bertz CT molecular complexity index is 566. The highest BCUT2D eigenvalue weighted by Gasteiger charge is 2.16. The first-order valence-electron chi connectivity index (χ1n) is 7.83. The number of benzene rings is 1. The zero-order valence-electron chi connectivity index (χ0n) is 13.7. The summed E-state index contributed by atoms with van der Waals surface area (Å²) in [5.41, 5.74) is 2.24. The van der Waals surface area contributed by atoms with Crippen LogP contribution in [0.5, 0.6) is 0 Å². The van der Waals surface area contributed by atoms with Gasteiger partial charge >= 0.3 is 0 Å². The van der Waals surface area contributed by atoms with E-state index >= 15 is 0 Å². The Labute approximate surface area is 127 Å². The lowest BCUT2D eigenvalue weighted by atomic mass is 10.1.